The number of hydrogen-bond donors (Lipinski definition) is 0. The van der Waals surface area contributed by atoms with Gasteiger partial charge in [0.2, 0.25) is 0 Å². The van der Waals surface area contributed by atoms with E-state index in [1.165, 1.54) is 5.56 Å². The normalized spacial score (nSPS) is 14.4. The van der Waals surface area contributed by atoms with E-state index in [0.717, 1.165) is 17.8 Å². The number of methoxy groups -OCH3 is 1. The first-order valence-electron chi connectivity index (χ1n) is 6.01. The molecule has 0 radical (unpaired) electrons. The number of hydrogen-bond acceptors (Lipinski definition) is 4. The third-order valence-electron chi connectivity index (χ3n) is 2.70. The van der Waals surface area contributed by atoms with E-state index in [1.54, 1.807) is 7.11 Å². The van der Waals surface area contributed by atoms with Crippen LogP contribution in [-0.2, 0) is 4.74 Å². The Bertz CT molecular complexity index is 463. The molecule has 0 fully saturated rings. The Kier molecular flexibility index (Phi) is 5.47. The molecule has 1 heterocycles. The Labute approximate surface area is 108 Å². The van der Waals surface area contributed by atoms with E-state index in [4.69, 9.17) is 10.00 Å². The SMILES string of the molecule is COC(C)CC(C)C#N.Cc1ccc2c(c1)N=N2. The standard InChI is InChI=1S/C7H6N2.C7H13NO/c1-5-2-3-6-7(4-5)9-8-6;1-6(5-8)4-7(2)9-3/h2-4H,1H3;6-7H,4H2,1-3H3. The first kappa shape index (κ1) is 14.3. The van der Waals surface area contributed by atoms with Crippen molar-refractivity contribution >= 4 is 11.4 Å². The van der Waals surface area contributed by atoms with Gasteiger partial charge in [0.15, 0.2) is 0 Å². The first-order valence-corrected chi connectivity index (χ1v) is 6.01. The van der Waals surface area contributed by atoms with Crippen molar-refractivity contribution < 1.29 is 4.74 Å². The van der Waals surface area contributed by atoms with E-state index in [1.807, 2.05) is 39.0 Å². The molecule has 1 aromatic carbocycles. The molecule has 4 heteroatoms. The summed E-state index contributed by atoms with van der Waals surface area (Å²) in [7, 11) is 1.66. The highest BCUT2D eigenvalue weighted by Gasteiger charge is 2.07. The van der Waals surface area contributed by atoms with Gasteiger partial charge in [-0.05, 0) is 44.9 Å². The van der Waals surface area contributed by atoms with Gasteiger partial charge in [-0.15, -0.1) is 10.2 Å². The highest BCUT2D eigenvalue weighted by Crippen LogP contribution is 2.37. The van der Waals surface area contributed by atoms with Gasteiger partial charge < -0.3 is 4.74 Å². The second-order valence-corrected chi connectivity index (χ2v) is 4.50. The number of fused-ring (bicyclic) bond motifs is 1. The third kappa shape index (κ3) is 4.27. The zero-order valence-electron chi connectivity index (χ0n) is 11.3. The topological polar surface area (TPSA) is 57.7 Å². The molecule has 0 spiro atoms. The lowest BCUT2D eigenvalue weighted by Crippen LogP contribution is -2.08. The molecule has 18 heavy (non-hydrogen) atoms. The summed E-state index contributed by atoms with van der Waals surface area (Å²) in [4.78, 5) is 0. The van der Waals surface area contributed by atoms with Crippen molar-refractivity contribution in [2.24, 2.45) is 16.1 Å². The monoisotopic (exact) mass is 245 g/mol. The van der Waals surface area contributed by atoms with Crippen molar-refractivity contribution in [1.82, 2.24) is 0 Å². The fraction of sp³-hybridized carbons (Fsp3) is 0.500. The first-order chi connectivity index (χ1) is 8.56. The van der Waals surface area contributed by atoms with Crippen LogP contribution in [0.5, 0.6) is 0 Å². The van der Waals surface area contributed by atoms with Crippen molar-refractivity contribution in [3.05, 3.63) is 23.8 Å². The molecule has 0 saturated carbocycles. The Morgan fingerprint density at radius 1 is 1.28 bits per heavy atom. The summed E-state index contributed by atoms with van der Waals surface area (Å²) in [6.45, 7) is 5.91. The fourth-order valence-corrected chi connectivity index (χ4v) is 1.51. The van der Waals surface area contributed by atoms with Gasteiger partial charge in [-0.25, -0.2) is 0 Å². The lowest BCUT2D eigenvalue weighted by atomic mass is 10.1. The average Bonchev–Trinajstić information content (AvgIpc) is 2.34. The molecule has 1 aliphatic rings. The average molecular weight is 245 g/mol. The Hall–Kier alpha value is -1.73. The molecule has 0 aliphatic carbocycles. The van der Waals surface area contributed by atoms with Crippen LogP contribution < -0.4 is 0 Å². The Balaban J connectivity index is 0.000000180. The fourth-order valence-electron chi connectivity index (χ4n) is 1.51. The summed E-state index contributed by atoms with van der Waals surface area (Å²) in [5.41, 5.74) is 3.28. The van der Waals surface area contributed by atoms with Crippen LogP contribution in [0.2, 0.25) is 0 Å². The van der Waals surface area contributed by atoms with Gasteiger partial charge in [0.1, 0.15) is 11.4 Å². The predicted molar refractivity (Wildman–Crippen MR) is 71.2 cm³/mol. The number of ether oxygens (including phenoxy) is 1. The van der Waals surface area contributed by atoms with Gasteiger partial charge in [0.25, 0.3) is 0 Å². The number of nitrogens with zero attached hydrogens (tertiary/aromatic N) is 3. The minimum atomic E-state index is 0.111. The summed E-state index contributed by atoms with van der Waals surface area (Å²) in [5.74, 6) is 0.111. The van der Waals surface area contributed by atoms with Gasteiger partial charge in [0, 0.05) is 13.0 Å². The molecule has 0 bridgehead atoms. The molecule has 1 aliphatic heterocycles. The van der Waals surface area contributed by atoms with E-state index < -0.39 is 0 Å². The van der Waals surface area contributed by atoms with E-state index >= 15 is 0 Å². The Morgan fingerprint density at radius 2 is 1.94 bits per heavy atom. The number of nitriles is 1. The van der Waals surface area contributed by atoms with E-state index in [0.29, 0.717) is 0 Å². The van der Waals surface area contributed by atoms with E-state index in [-0.39, 0.29) is 12.0 Å². The van der Waals surface area contributed by atoms with Crippen LogP contribution in [0.4, 0.5) is 11.4 Å². The molecular weight excluding hydrogens is 226 g/mol. The minimum Gasteiger partial charge on any atom is -0.382 e. The third-order valence-corrected chi connectivity index (χ3v) is 2.70. The summed E-state index contributed by atoms with van der Waals surface area (Å²) >= 11 is 0. The molecule has 2 atom stereocenters. The van der Waals surface area contributed by atoms with Crippen LogP contribution in [0.15, 0.2) is 28.4 Å². The van der Waals surface area contributed by atoms with Crippen molar-refractivity contribution in [3.8, 4) is 6.07 Å². The van der Waals surface area contributed by atoms with E-state index in [9.17, 15) is 0 Å². The maximum atomic E-state index is 8.37. The largest absolute Gasteiger partial charge is 0.382 e. The van der Waals surface area contributed by atoms with Gasteiger partial charge in [0.05, 0.1) is 12.2 Å². The van der Waals surface area contributed by atoms with Crippen LogP contribution in [0.3, 0.4) is 0 Å². The molecule has 2 unspecified atom stereocenters. The number of aryl methyl sites for hydroxylation is 1. The molecule has 0 aromatic heterocycles. The van der Waals surface area contributed by atoms with Crippen LogP contribution in [0.25, 0.3) is 0 Å². The molecule has 1 aromatic rings. The molecule has 0 N–H and O–H groups in total. The number of rotatable bonds is 3. The lowest BCUT2D eigenvalue weighted by Gasteiger charge is -2.08. The van der Waals surface area contributed by atoms with Gasteiger partial charge in [-0.1, -0.05) is 6.07 Å². The molecule has 96 valence electrons. The van der Waals surface area contributed by atoms with Crippen LogP contribution in [0.1, 0.15) is 25.8 Å². The molecule has 0 amide bonds. The molecule has 2 rings (SSSR count). The Morgan fingerprint density at radius 3 is 2.33 bits per heavy atom. The van der Waals surface area contributed by atoms with Crippen molar-refractivity contribution in [3.63, 3.8) is 0 Å². The highest BCUT2D eigenvalue weighted by atomic mass is 16.5. The summed E-state index contributed by atoms with van der Waals surface area (Å²) in [6, 6.07) is 8.20. The minimum absolute atomic E-state index is 0.111. The van der Waals surface area contributed by atoms with Gasteiger partial charge in [-0.2, -0.15) is 5.26 Å². The maximum Gasteiger partial charge on any atom is 0.113 e. The lowest BCUT2D eigenvalue weighted by molar-refractivity contribution is 0.103. The molecule has 4 nitrogen and oxygen atoms in total. The van der Waals surface area contributed by atoms with Crippen molar-refractivity contribution in [2.45, 2.75) is 33.3 Å². The summed E-state index contributed by atoms with van der Waals surface area (Å²) in [6.07, 6.45) is 1.03. The zero-order chi connectivity index (χ0) is 13.5. The zero-order valence-corrected chi connectivity index (χ0v) is 11.3. The van der Waals surface area contributed by atoms with Crippen LogP contribution in [0, 0.1) is 24.2 Å². The smallest absolute Gasteiger partial charge is 0.113 e. The predicted octanol–water partition coefficient (Wildman–Crippen LogP) is 4.29. The number of benzene rings is 1. The second-order valence-electron chi connectivity index (χ2n) is 4.50. The van der Waals surface area contributed by atoms with Gasteiger partial charge >= 0.3 is 0 Å². The summed E-state index contributed by atoms with van der Waals surface area (Å²) in [5, 5.41) is 16.0. The molecular formula is C14H19N3O. The number of azo groups is 1. The van der Waals surface area contributed by atoms with Gasteiger partial charge in [-0.3, -0.25) is 0 Å². The molecule has 0 saturated heterocycles. The van der Waals surface area contributed by atoms with E-state index in [2.05, 4.69) is 16.3 Å². The van der Waals surface area contributed by atoms with Crippen LogP contribution in [-0.4, -0.2) is 13.2 Å². The van der Waals surface area contributed by atoms with Crippen LogP contribution >= 0.6 is 0 Å². The maximum absolute atomic E-state index is 8.37. The quantitative estimate of drug-likeness (QED) is 0.809. The summed E-state index contributed by atoms with van der Waals surface area (Å²) < 4.78 is 4.97. The van der Waals surface area contributed by atoms with Crippen molar-refractivity contribution in [1.29, 1.82) is 5.26 Å². The van der Waals surface area contributed by atoms with Crippen molar-refractivity contribution in [2.75, 3.05) is 7.11 Å². The second kappa shape index (κ2) is 6.87. The highest BCUT2D eigenvalue weighted by molar-refractivity contribution is 5.66.